The van der Waals surface area contributed by atoms with Crippen LogP contribution in [0.25, 0.3) is 5.57 Å². The predicted molar refractivity (Wildman–Crippen MR) is 140 cm³/mol. The van der Waals surface area contributed by atoms with Gasteiger partial charge in [0.15, 0.2) is 25.8 Å². The second-order valence-electron chi connectivity index (χ2n) is 8.97. The molecule has 1 aromatic carbocycles. The third-order valence-corrected chi connectivity index (χ3v) is 10.7. The lowest BCUT2D eigenvalue weighted by Gasteiger charge is -2.32. The van der Waals surface area contributed by atoms with Crippen molar-refractivity contribution in [2.75, 3.05) is 17.9 Å². The van der Waals surface area contributed by atoms with Gasteiger partial charge in [-0.3, -0.25) is 4.99 Å². The first-order valence-electron chi connectivity index (χ1n) is 11.3. The van der Waals surface area contributed by atoms with Gasteiger partial charge in [0.1, 0.15) is 11.9 Å². The van der Waals surface area contributed by atoms with E-state index in [9.17, 15) is 30.0 Å². The highest BCUT2D eigenvalue weighted by molar-refractivity contribution is 8.06. The minimum Gasteiger partial charge on any atom is -0.326 e. The summed E-state index contributed by atoms with van der Waals surface area (Å²) in [5.41, 5.74) is 1.39. The van der Waals surface area contributed by atoms with Gasteiger partial charge in [-0.1, -0.05) is 17.7 Å². The highest BCUT2D eigenvalue weighted by Crippen LogP contribution is 2.46. The van der Waals surface area contributed by atoms with Gasteiger partial charge in [0, 0.05) is 64.9 Å². The zero-order valence-corrected chi connectivity index (χ0v) is 23.2. The third kappa shape index (κ3) is 5.89. The number of rotatable bonds is 8. The second-order valence-corrected chi connectivity index (χ2v) is 14.5. The van der Waals surface area contributed by atoms with Gasteiger partial charge in [0.05, 0.1) is 5.69 Å². The first-order valence-corrected chi connectivity index (χ1v) is 16.2. The molecule has 0 unspecified atom stereocenters. The van der Waals surface area contributed by atoms with Gasteiger partial charge < -0.3 is 4.90 Å². The molecule has 5 rings (SSSR count). The number of aliphatic imine (C=N–C) groups is 1. The number of aromatic nitrogens is 3. The van der Waals surface area contributed by atoms with Crippen LogP contribution in [0, 0.1) is 5.82 Å². The van der Waals surface area contributed by atoms with Crippen LogP contribution in [-0.2, 0) is 19.9 Å². The van der Waals surface area contributed by atoms with Crippen molar-refractivity contribution in [2.24, 2.45) is 4.99 Å². The fourth-order valence-electron chi connectivity index (χ4n) is 4.60. The van der Waals surface area contributed by atoms with Gasteiger partial charge in [0.2, 0.25) is 10.0 Å². The number of benzene rings is 1. The number of nitrogens with zero attached hydrogens (tertiary/aromatic N) is 5. The van der Waals surface area contributed by atoms with Crippen LogP contribution in [0.1, 0.15) is 35.3 Å². The SMILES string of the molecule is CS(=O)(=O)CS(=O)(=O)N[C@H]1CC2=C(c3ccn(C(F)F)n3)[C@H](c3ccc(F)cc3Cl)N=C(c3nccs3)N2C1. The average molecular weight is 621 g/mol. The van der Waals surface area contributed by atoms with Crippen molar-refractivity contribution in [3.63, 3.8) is 0 Å². The van der Waals surface area contributed by atoms with Gasteiger partial charge >= 0.3 is 6.55 Å². The van der Waals surface area contributed by atoms with E-state index in [2.05, 4.69) is 14.8 Å². The Morgan fingerprint density at radius 1 is 1.23 bits per heavy atom. The van der Waals surface area contributed by atoms with Crippen LogP contribution < -0.4 is 4.72 Å². The lowest BCUT2D eigenvalue weighted by molar-refractivity contribution is 0.0564. The normalized spacial score (nSPS) is 20.1. The molecule has 1 saturated heterocycles. The lowest BCUT2D eigenvalue weighted by atomic mass is 9.92. The standard InChI is InChI=1S/C22H20ClF3N6O4S3/c1-38(33,34)11-39(35,36)30-13-9-17-18(16-4-6-32(29-16)22(25)26)19(14-3-2-12(24)8-15(14)23)28-20(31(17)10-13)21-27-5-7-37-21/h2-8,13,19,22,30H,9-11H2,1H3/t13-,19-/m0/s1. The number of hydrogen-bond acceptors (Lipinski definition) is 9. The fourth-order valence-corrected chi connectivity index (χ4v) is 8.71. The molecule has 10 nitrogen and oxygen atoms in total. The smallest absolute Gasteiger partial charge is 0.326 e. The van der Waals surface area contributed by atoms with Crippen molar-refractivity contribution >= 4 is 54.2 Å². The van der Waals surface area contributed by atoms with E-state index in [0.717, 1.165) is 18.5 Å². The Hall–Kier alpha value is -2.79. The Morgan fingerprint density at radius 2 is 2.00 bits per heavy atom. The maximum atomic E-state index is 13.9. The Morgan fingerprint density at radius 3 is 2.62 bits per heavy atom. The van der Waals surface area contributed by atoms with Gasteiger partial charge in [-0.15, -0.1) is 11.3 Å². The van der Waals surface area contributed by atoms with Crippen LogP contribution in [0.4, 0.5) is 13.2 Å². The number of hydrogen-bond donors (Lipinski definition) is 1. The quantitative estimate of drug-likeness (QED) is 0.409. The fraction of sp³-hybridized carbons (Fsp3) is 0.318. The van der Waals surface area contributed by atoms with Crippen LogP contribution in [0.15, 0.2) is 52.7 Å². The summed E-state index contributed by atoms with van der Waals surface area (Å²) in [6.07, 6.45) is 3.53. The van der Waals surface area contributed by atoms with Crippen LogP contribution in [-0.4, -0.2) is 66.3 Å². The summed E-state index contributed by atoms with van der Waals surface area (Å²) >= 11 is 7.69. The Bertz CT molecular complexity index is 1690. The van der Waals surface area contributed by atoms with E-state index >= 15 is 0 Å². The lowest BCUT2D eigenvalue weighted by Crippen LogP contribution is -2.41. The average Bonchev–Trinajstić information content (AvgIpc) is 3.57. The number of thiazole rings is 1. The zero-order valence-electron chi connectivity index (χ0n) is 20.0. The molecule has 208 valence electrons. The maximum Gasteiger partial charge on any atom is 0.333 e. The van der Waals surface area contributed by atoms with E-state index in [-0.39, 0.29) is 23.7 Å². The van der Waals surface area contributed by atoms with Crippen LogP contribution in [0.3, 0.4) is 0 Å². The third-order valence-electron chi connectivity index (χ3n) is 5.94. The first-order chi connectivity index (χ1) is 18.3. The van der Waals surface area contributed by atoms with Gasteiger partial charge in [-0.2, -0.15) is 13.9 Å². The molecule has 39 heavy (non-hydrogen) atoms. The summed E-state index contributed by atoms with van der Waals surface area (Å²) in [6.45, 7) is -2.86. The van der Waals surface area contributed by atoms with Crippen molar-refractivity contribution in [3.8, 4) is 0 Å². The van der Waals surface area contributed by atoms with E-state index in [4.69, 9.17) is 16.6 Å². The van der Waals surface area contributed by atoms with Gasteiger partial charge in [0.25, 0.3) is 0 Å². The van der Waals surface area contributed by atoms with E-state index in [1.165, 1.54) is 29.5 Å². The number of halogens is 4. The summed E-state index contributed by atoms with van der Waals surface area (Å²) in [6, 6.07) is 3.42. The monoisotopic (exact) mass is 620 g/mol. The van der Waals surface area contributed by atoms with Crippen molar-refractivity contribution < 1.29 is 30.0 Å². The molecule has 1 fully saturated rings. The summed E-state index contributed by atoms with van der Waals surface area (Å²) in [4.78, 5) is 10.9. The predicted octanol–water partition coefficient (Wildman–Crippen LogP) is 3.44. The van der Waals surface area contributed by atoms with E-state index in [1.54, 1.807) is 16.5 Å². The van der Waals surface area contributed by atoms with Crippen molar-refractivity contribution in [1.82, 2.24) is 24.4 Å². The molecule has 17 heteroatoms. The molecule has 2 aliphatic heterocycles. The molecular formula is C22H20ClF3N6O4S3. The summed E-state index contributed by atoms with van der Waals surface area (Å²) in [7, 11) is -8.07. The van der Waals surface area contributed by atoms with Crippen molar-refractivity contribution in [2.45, 2.75) is 25.1 Å². The van der Waals surface area contributed by atoms with Gasteiger partial charge in [-0.05, 0) is 18.2 Å². The number of fused-ring (bicyclic) bond motifs is 1. The molecule has 3 aromatic rings. The highest BCUT2D eigenvalue weighted by atomic mass is 35.5. The molecule has 0 amide bonds. The topological polar surface area (TPSA) is 127 Å². The largest absolute Gasteiger partial charge is 0.333 e. The van der Waals surface area contributed by atoms with Gasteiger partial charge in [-0.25, -0.2) is 35.6 Å². The number of nitrogens with one attached hydrogen (secondary N) is 1. The molecule has 2 atom stereocenters. The molecule has 0 aliphatic carbocycles. The molecular weight excluding hydrogens is 601 g/mol. The number of amidine groups is 1. The molecule has 0 radical (unpaired) electrons. The summed E-state index contributed by atoms with van der Waals surface area (Å²) < 4.78 is 92.2. The zero-order chi connectivity index (χ0) is 28.1. The Balaban J connectivity index is 1.67. The molecule has 0 bridgehead atoms. The molecule has 1 N–H and O–H groups in total. The van der Waals surface area contributed by atoms with E-state index in [0.29, 0.717) is 32.4 Å². The molecule has 2 aliphatic rings. The van der Waals surface area contributed by atoms with Crippen molar-refractivity contribution in [3.05, 3.63) is 74.8 Å². The maximum absolute atomic E-state index is 13.9. The van der Waals surface area contributed by atoms with Crippen LogP contribution in [0.5, 0.6) is 0 Å². The minimum absolute atomic E-state index is 0.0467. The number of sulfone groups is 1. The molecule has 0 spiro atoms. The minimum atomic E-state index is -4.23. The summed E-state index contributed by atoms with van der Waals surface area (Å²) in [5, 5.41) is 5.19. The Labute approximate surface area is 230 Å². The Kier molecular flexibility index (Phi) is 7.34. The molecule has 4 heterocycles. The summed E-state index contributed by atoms with van der Waals surface area (Å²) in [5.74, 6) is -0.213. The molecule has 2 aromatic heterocycles. The molecule has 0 saturated carbocycles. The van der Waals surface area contributed by atoms with Crippen LogP contribution in [0.2, 0.25) is 5.02 Å². The number of sulfonamides is 1. The van der Waals surface area contributed by atoms with E-state index < -0.39 is 49.4 Å². The van der Waals surface area contributed by atoms with Crippen molar-refractivity contribution in [1.29, 1.82) is 0 Å². The number of alkyl halides is 2. The first kappa shape index (κ1) is 27.8. The second kappa shape index (κ2) is 10.3. The van der Waals surface area contributed by atoms with E-state index in [1.807, 2.05) is 0 Å². The highest BCUT2D eigenvalue weighted by Gasteiger charge is 2.42. The van der Waals surface area contributed by atoms with Crippen LogP contribution >= 0.6 is 22.9 Å².